The van der Waals surface area contributed by atoms with E-state index in [1.807, 2.05) is 0 Å². The maximum absolute atomic E-state index is 2.69. The zero-order valence-electron chi connectivity index (χ0n) is 50.5. The molecule has 4 nitrogen and oxygen atoms in total. The van der Waals surface area contributed by atoms with Gasteiger partial charge in [0.05, 0.1) is 16.9 Å². The summed E-state index contributed by atoms with van der Waals surface area (Å²) < 4.78 is 2.59. The number of hydrogen-bond acceptors (Lipinski definition) is 3. The molecule has 2 aliphatic heterocycles. The summed E-state index contributed by atoms with van der Waals surface area (Å²) in [4.78, 5) is 7.73. The van der Waals surface area contributed by atoms with E-state index in [0.717, 1.165) is 51.3 Å². The third kappa shape index (κ3) is 9.47. The number of rotatable bonds is 7. The molecule has 0 fully saturated rings. The van der Waals surface area contributed by atoms with E-state index in [1.54, 1.807) is 0 Å². The molecule has 3 heterocycles. The largest absolute Gasteiger partial charge is 0.311 e. The monoisotopic (exact) mass is 1060 g/mol. The second-order valence-corrected chi connectivity index (χ2v) is 28.0. The Kier molecular flexibility index (Phi) is 12.8. The Balaban J connectivity index is 1.31. The smallest absolute Gasteiger partial charge is 0.255 e. The molecule has 0 radical (unpaired) electrons. The van der Waals surface area contributed by atoms with E-state index in [1.165, 1.54) is 71.9 Å². The van der Waals surface area contributed by atoms with E-state index in [4.69, 9.17) is 0 Å². The molecule has 81 heavy (non-hydrogen) atoms. The van der Waals surface area contributed by atoms with Gasteiger partial charge in [0.15, 0.2) is 0 Å². The lowest BCUT2D eigenvalue weighted by Crippen LogP contribution is -2.61. The van der Waals surface area contributed by atoms with Gasteiger partial charge in [-0.25, -0.2) is 0 Å². The minimum absolute atomic E-state index is 0.00109. The Hall–Kier alpha value is -8.02. The van der Waals surface area contributed by atoms with Gasteiger partial charge in [-0.15, -0.1) is 0 Å². The van der Waals surface area contributed by atoms with Gasteiger partial charge < -0.3 is 9.80 Å². The van der Waals surface area contributed by atoms with Crippen molar-refractivity contribution in [2.45, 2.75) is 131 Å². The van der Waals surface area contributed by atoms with Gasteiger partial charge in [-0.05, 0) is 173 Å². The summed E-state index contributed by atoms with van der Waals surface area (Å²) in [7, 11) is 0. The zero-order valence-corrected chi connectivity index (χ0v) is 50.5. The van der Waals surface area contributed by atoms with Crippen LogP contribution in [0.4, 0.5) is 51.3 Å². The zero-order chi connectivity index (χ0) is 57.1. The fraction of sp³-hybridized carbons (Fsp3) is 0.263. The second kappa shape index (κ2) is 19.3. The molecule has 0 saturated carbocycles. The molecule has 0 bridgehead atoms. The predicted molar refractivity (Wildman–Crippen MR) is 351 cm³/mol. The van der Waals surface area contributed by atoms with Gasteiger partial charge in [-0.3, -0.25) is 9.47 Å². The highest BCUT2D eigenvalue weighted by atomic mass is 15.3. The molecule has 406 valence electrons. The van der Waals surface area contributed by atoms with Crippen molar-refractivity contribution in [1.29, 1.82) is 0 Å². The van der Waals surface area contributed by atoms with E-state index in [-0.39, 0.29) is 33.8 Å². The fourth-order valence-electron chi connectivity index (χ4n) is 12.5. The maximum Gasteiger partial charge on any atom is 0.255 e. The van der Waals surface area contributed by atoms with Crippen LogP contribution in [0.5, 0.6) is 0 Å². The van der Waals surface area contributed by atoms with Gasteiger partial charge in [-0.1, -0.05) is 219 Å². The molecule has 1 aromatic heterocycles. The Morgan fingerprint density at radius 3 is 1.31 bits per heavy atom. The summed E-state index contributed by atoms with van der Waals surface area (Å²) in [5.74, 6) is 1.15. The molecule has 0 unspecified atom stereocenters. The van der Waals surface area contributed by atoms with Crippen molar-refractivity contribution in [2.75, 3.05) is 14.7 Å². The summed E-state index contributed by atoms with van der Waals surface area (Å²) in [5, 5.41) is 1.27. The van der Waals surface area contributed by atoms with E-state index < -0.39 is 0 Å². The topological polar surface area (TPSA) is 14.7 Å². The van der Waals surface area contributed by atoms with Crippen LogP contribution in [0.1, 0.15) is 132 Å². The highest BCUT2D eigenvalue weighted by Crippen LogP contribution is 2.52. The number of hydrogen-bond donors (Lipinski definition) is 0. The number of benzene rings is 9. The quantitative estimate of drug-likeness (QED) is 0.148. The third-order valence-electron chi connectivity index (χ3n) is 17.1. The lowest BCUT2D eigenvalue weighted by molar-refractivity contribution is 0.590. The van der Waals surface area contributed by atoms with Crippen LogP contribution in [0, 0.1) is 0 Å². The summed E-state index contributed by atoms with van der Waals surface area (Å²) in [5.41, 5.74) is 23.8. The summed E-state index contributed by atoms with van der Waals surface area (Å²) >= 11 is 0. The van der Waals surface area contributed by atoms with Gasteiger partial charge in [0.25, 0.3) is 6.71 Å². The molecule has 5 heteroatoms. The summed E-state index contributed by atoms with van der Waals surface area (Å²) in [6, 6.07) is 78.9. The van der Waals surface area contributed by atoms with E-state index >= 15 is 0 Å². The average Bonchev–Trinajstić information content (AvgIpc) is 2.49. The van der Waals surface area contributed by atoms with Crippen molar-refractivity contribution < 1.29 is 0 Å². The molecular formula is C76H79BN4. The van der Waals surface area contributed by atoms with Crippen LogP contribution in [0.15, 0.2) is 206 Å². The number of fused-ring (bicyclic) bond motifs is 6. The molecule has 10 aromatic rings. The number of para-hydroxylation sites is 3. The van der Waals surface area contributed by atoms with E-state index in [0.29, 0.717) is 0 Å². The van der Waals surface area contributed by atoms with Gasteiger partial charge >= 0.3 is 0 Å². The van der Waals surface area contributed by atoms with Gasteiger partial charge in [0.1, 0.15) is 5.82 Å². The first kappa shape index (κ1) is 53.6. The Morgan fingerprint density at radius 2 is 0.778 bits per heavy atom. The van der Waals surface area contributed by atoms with Crippen molar-refractivity contribution in [3.63, 3.8) is 0 Å². The van der Waals surface area contributed by atoms with Crippen LogP contribution in [0.2, 0.25) is 0 Å². The van der Waals surface area contributed by atoms with E-state index in [9.17, 15) is 0 Å². The van der Waals surface area contributed by atoms with Crippen LogP contribution < -0.4 is 31.1 Å². The minimum atomic E-state index is -0.161. The summed E-state index contributed by atoms with van der Waals surface area (Å²) in [6.45, 7) is 34.8. The maximum atomic E-state index is 2.69. The summed E-state index contributed by atoms with van der Waals surface area (Å²) in [6.07, 6.45) is 0. The average molecular weight is 1060 g/mol. The van der Waals surface area contributed by atoms with Gasteiger partial charge in [-0.2, -0.15) is 0 Å². The molecule has 0 aliphatic carbocycles. The molecule has 0 atom stereocenters. The Labute approximate surface area is 483 Å². The standard InChI is InChI=1S/C76H79BN4/c1-72(2,3)51-33-31-50(32-34-51)61-45-53(74(7,8)9)37-42-64(61)81-68-49-60(78(56-25-19-16-20-26-56)57-27-21-17-22-28-57)48-67-70(68)77(69-62-46-54(75(10,11)12)38-43-65(62)80(71(69)81)58-29-23-18-24-30-58)63-47-55(76(13,14)15)39-44-66(63)79(67)59-40-35-52(36-41-59)73(4,5)6/h16-49H,1-15H3. The minimum Gasteiger partial charge on any atom is -0.311 e. The van der Waals surface area contributed by atoms with Crippen LogP contribution >= 0.6 is 0 Å². The van der Waals surface area contributed by atoms with Crippen molar-refractivity contribution in [1.82, 2.24) is 4.57 Å². The molecule has 0 amide bonds. The molecule has 12 rings (SSSR count). The normalized spacial score (nSPS) is 13.5. The first-order valence-corrected chi connectivity index (χ1v) is 29.3. The Morgan fingerprint density at radius 1 is 0.333 bits per heavy atom. The fourth-order valence-corrected chi connectivity index (χ4v) is 12.5. The lowest BCUT2D eigenvalue weighted by Gasteiger charge is -2.45. The van der Waals surface area contributed by atoms with Crippen molar-refractivity contribution in [3.05, 3.63) is 234 Å². The first-order chi connectivity index (χ1) is 38.4. The van der Waals surface area contributed by atoms with Crippen LogP contribution in [-0.4, -0.2) is 11.3 Å². The first-order valence-electron chi connectivity index (χ1n) is 29.3. The van der Waals surface area contributed by atoms with Gasteiger partial charge in [0, 0.05) is 45.4 Å². The molecule has 0 saturated heterocycles. The van der Waals surface area contributed by atoms with E-state index in [2.05, 4.69) is 329 Å². The number of anilines is 9. The second-order valence-electron chi connectivity index (χ2n) is 28.0. The van der Waals surface area contributed by atoms with Crippen molar-refractivity contribution in [2.24, 2.45) is 0 Å². The van der Waals surface area contributed by atoms with Crippen molar-refractivity contribution >= 4 is 85.3 Å². The van der Waals surface area contributed by atoms with Gasteiger partial charge in [0.2, 0.25) is 0 Å². The lowest BCUT2D eigenvalue weighted by atomic mass is 9.33. The molecule has 9 aromatic carbocycles. The highest BCUT2D eigenvalue weighted by Gasteiger charge is 2.48. The number of aromatic nitrogens is 1. The highest BCUT2D eigenvalue weighted by molar-refractivity contribution is 7.01. The molecule has 2 aliphatic rings. The van der Waals surface area contributed by atoms with Crippen LogP contribution in [0.25, 0.3) is 27.7 Å². The third-order valence-corrected chi connectivity index (χ3v) is 17.1. The molecular weight excluding hydrogens is 980 g/mol. The van der Waals surface area contributed by atoms with Crippen LogP contribution in [-0.2, 0) is 27.1 Å². The SMILES string of the molecule is CC(C)(C)c1ccc(-c2cc(C(C)(C)C)ccc2N2c3cc(N(c4ccccc4)c4ccccc4)cc4c3B(c3cc(C(C)(C)C)ccc3N4c3ccc(C(C)(C)C)cc3)c3c2n(-c2ccccc2)c2ccc(C(C)(C)C)cc32)cc1. The molecule has 0 spiro atoms. The van der Waals surface area contributed by atoms with Crippen LogP contribution in [0.3, 0.4) is 0 Å². The predicted octanol–water partition coefficient (Wildman–Crippen LogP) is 19.3. The van der Waals surface area contributed by atoms with Crippen molar-refractivity contribution in [3.8, 4) is 16.8 Å². The molecule has 0 N–H and O–H groups in total. The number of nitrogens with zero attached hydrogens (tertiary/aromatic N) is 4. The Bertz CT molecular complexity index is 3950.